The summed E-state index contributed by atoms with van der Waals surface area (Å²) in [6.45, 7) is 0.488. The monoisotopic (exact) mass is 418 g/mol. The van der Waals surface area contributed by atoms with Crippen LogP contribution in [0.5, 0.6) is 5.75 Å². The molecule has 1 aromatic carbocycles. The molecule has 0 atom stereocenters. The average Bonchev–Trinajstić information content (AvgIpc) is 2.79. The van der Waals surface area contributed by atoms with Gasteiger partial charge in [-0.3, -0.25) is 9.89 Å². The molecule has 0 saturated heterocycles. The molecule has 2 rings (SSSR count). The van der Waals surface area contributed by atoms with E-state index < -0.39 is 0 Å². The van der Waals surface area contributed by atoms with Crippen LogP contribution in [0.15, 0.2) is 24.3 Å². The minimum absolute atomic E-state index is 0.000427. The number of rotatable bonds is 6. The van der Waals surface area contributed by atoms with Crippen LogP contribution in [0.3, 0.4) is 0 Å². The summed E-state index contributed by atoms with van der Waals surface area (Å²) in [6, 6.07) is 7.53. The summed E-state index contributed by atoms with van der Waals surface area (Å²) in [5.41, 5.74) is 0. The third-order valence-electron chi connectivity index (χ3n) is 2.83. The van der Waals surface area contributed by atoms with E-state index in [1.54, 1.807) is 4.57 Å². The maximum absolute atomic E-state index is 11.7. The van der Waals surface area contributed by atoms with E-state index in [9.17, 15) is 4.79 Å². The van der Waals surface area contributed by atoms with Gasteiger partial charge < -0.3 is 14.6 Å². The number of amides is 1. The van der Waals surface area contributed by atoms with Crippen LogP contribution < -0.4 is 10.1 Å². The van der Waals surface area contributed by atoms with Crippen LogP contribution in [-0.2, 0) is 18.3 Å². The van der Waals surface area contributed by atoms with Gasteiger partial charge in [-0.25, -0.2) is 0 Å². The van der Waals surface area contributed by atoms with Gasteiger partial charge in [0.2, 0.25) is 0 Å². The van der Waals surface area contributed by atoms with Crippen molar-refractivity contribution in [2.75, 3.05) is 13.2 Å². The molecule has 2 N–H and O–H groups in total. The van der Waals surface area contributed by atoms with Crippen molar-refractivity contribution < 1.29 is 9.53 Å². The first-order valence-corrected chi connectivity index (χ1v) is 7.80. The highest BCUT2D eigenvalue weighted by atomic mass is 127. The molecule has 0 spiro atoms. The second-order valence-electron chi connectivity index (χ2n) is 4.35. The number of carbonyl (C=O) groups excluding carboxylic acids is 1. The van der Waals surface area contributed by atoms with Gasteiger partial charge in [0.05, 0.1) is 0 Å². The Morgan fingerprint density at radius 3 is 2.81 bits per heavy atom. The molecule has 1 amide bonds. The Labute approximate surface area is 141 Å². The molecule has 1 aromatic heterocycles. The van der Waals surface area contributed by atoms with Gasteiger partial charge in [-0.1, -0.05) is 0 Å². The molecule has 0 unspecified atom stereocenters. The molecule has 1 heterocycles. The quantitative estimate of drug-likeness (QED) is 0.555. The van der Waals surface area contributed by atoms with Crippen molar-refractivity contribution in [1.82, 2.24) is 20.1 Å². The molecule has 0 fully saturated rings. The number of nitrogens with one attached hydrogen (secondary N) is 2. The van der Waals surface area contributed by atoms with E-state index in [0.717, 1.165) is 9.39 Å². The molecule has 2 aromatic rings. The lowest BCUT2D eigenvalue weighted by atomic mass is 10.3. The first-order chi connectivity index (χ1) is 10.1. The van der Waals surface area contributed by atoms with Gasteiger partial charge in [0.15, 0.2) is 11.4 Å². The van der Waals surface area contributed by atoms with E-state index in [-0.39, 0.29) is 12.5 Å². The SMILES string of the molecule is Cn1c(CCNC(=O)COc2ccc(I)cc2)n[nH]c1=S. The number of benzene rings is 1. The third-order valence-corrected chi connectivity index (χ3v) is 3.91. The number of aromatic nitrogens is 3. The minimum atomic E-state index is -0.162. The Kier molecular flexibility index (Phi) is 5.74. The second-order valence-corrected chi connectivity index (χ2v) is 5.98. The fourth-order valence-corrected chi connectivity index (χ4v) is 2.16. The number of aromatic amines is 1. The summed E-state index contributed by atoms with van der Waals surface area (Å²) in [4.78, 5) is 11.7. The number of halogens is 1. The van der Waals surface area contributed by atoms with Crippen LogP contribution in [0.25, 0.3) is 0 Å². The highest BCUT2D eigenvalue weighted by Crippen LogP contribution is 2.13. The molecule has 6 nitrogen and oxygen atoms in total. The van der Waals surface area contributed by atoms with Crippen molar-refractivity contribution in [1.29, 1.82) is 0 Å². The van der Waals surface area contributed by atoms with E-state index >= 15 is 0 Å². The van der Waals surface area contributed by atoms with Crippen molar-refractivity contribution in [2.24, 2.45) is 7.05 Å². The van der Waals surface area contributed by atoms with E-state index in [1.165, 1.54) is 0 Å². The smallest absolute Gasteiger partial charge is 0.257 e. The van der Waals surface area contributed by atoms with Crippen molar-refractivity contribution in [2.45, 2.75) is 6.42 Å². The molecule has 0 aliphatic heterocycles. The Balaban J connectivity index is 1.71. The van der Waals surface area contributed by atoms with E-state index in [2.05, 4.69) is 38.1 Å². The van der Waals surface area contributed by atoms with Gasteiger partial charge >= 0.3 is 0 Å². The number of ether oxygens (including phenoxy) is 1. The van der Waals surface area contributed by atoms with Crippen molar-refractivity contribution in [3.05, 3.63) is 38.4 Å². The van der Waals surface area contributed by atoms with Crippen LogP contribution in [0.1, 0.15) is 5.82 Å². The number of nitrogens with zero attached hydrogens (tertiary/aromatic N) is 2. The third kappa shape index (κ3) is 4.81. The van der Waals surface area contributed by atoms with E-state index in [0.29, 0.717) is 23.5 Å². The van der Waals surface area contributed by atoms with Gasteiger partial charge in [-0.15, -0.1) is 0 Å². The number of hydrogen-bond acceptors (Lipinski definition) is 4. The average molecular weight is 418 g/mol. The van der Waals surface area contributed by atoms with Crippen LogP contribution in [-0.4, -0.2) is 33.8 Å². The van der Waals surface area contributed by atoms with Crippen LogP contribution in [0.2, 0.25) is 0 Å². The predicted molar refractivity (Wildman–Crippen MR) is 89.8 cm³/mol. The first kappa shape index (κ1) is 16.0. The minimum Gasteiger partial charge on any atom is -0.484 e. The molecule has 0 saturated carbocycles. The molecular formula is C13H15IN4O2S. The Bertz CT molecular complexity index is 666. The Morgan fingerprint density at radius 1 is 1.48 bits per heavy atom. The van der Waals surface area contributed by atoms with Crippen molar-refractivity contribution >= 4 is 40.7 Å². The van der Waals surface area contributed by atoms with E-state index in [1.807, 2.05) is 31.3 Å². The molecule has 0 aliphatic rings. The highest BCUT2D eigenvalue weighted by Gasteiger charge is 2.05. The molecular weight excluding hydrogens is 403 g/mol. The number of H-pyrrole nitrogens is 1. The summed E-state index contributed by atoms with van der Waals surface area (Å²) < 4.78 is 8.87. The molecule has 0 bridgehead atoms. The predicted octanol–water partition coefficient (Wildman–Crippen LogP) is 1.82. The maximum Gasteiger partial charge on any atom is 0.257 e. The number of carbonyl (C=O) groups is 1. The van der Waals surface area contributed by atoms with Crippen molar-refractivity contribution in [3.8, 4) is 5.75 Å². The van der Waals surface area contributed by atoms with Crippen LogP contribution in [0.4, 0.5) is 0 Å². The molecule has 21 heavy (non-hydrogen) atoms. The van der Waals surface area contributed by atoms with Crippen LogP contribution >= 0.6 is 34.8 Å². The van der Waals surface area contributed by atoms with Crippen molar-refractivity contribution in [3.63, 3.8) is 0 Å². The van der Waals surface area contributed by atoms with Crippen LogP contribution in [0, 0.1) is 8.34 Å². The summed E-state index contributed by atoms with van der Waals surface area (Å²) >= 11 is 7.23. The summed E-state index contributed by atoms with van der Waals surface area (Å²) in [6.07, 6.45) is 0.610. The number of hydrogen-bond donors (Lipinski definition) is 2. The van der Waals surface area contributed by atoms with E-state index in [4.69, 9.17) is 17.0 Å². The largest absolute Gasteiger partial charge is 0.484 e. The highest BCUT2D eigenvalue weighted by molar-refractivity contribution is 14.1. The van der Waals surface area contributed by atoms with Gasteiger partial charge in [0.1, 0.15) is 11.6 Å². The topological polar surface area (TPSA) is 71.9 Å². The van der Waals surface area contributed by atoms with Gasteiger partial charge in [-0.2, -0.15) is 5.10 Å². The first-order valence-electron chi connectivity index (χ1n) is 6.31. The standard InChI is InChI=1S/C13H15IN4O2S/c1-18-11(16-17-13(18)21)6-7-15-12(19)8-20-10-4-2-9(14)3-5-10/h2-5H,6-8H2,1H3,(H,15,19)(H,17,21). The molecule has 112 valence electrons. The van der Waals surface area contributed by atoms with Gasteiger partial charge in [0.25, 0.3) is 5.91 Å². The van der Waals surface area contributed by atoms with Gasteiger partial charge in [0, 0.05) is 23.6 Å². The lowest BCUT2D eigenvalue weighted by molar-refractivity contribution is -0.123. The summed E-state index contributed by atoms with van der Waals surface area (Å²) in [7, 11) is 1.84. The zero-order valence-corrected chi connectivity index (χ0v) is 14.4. The normalized spacial score (nSPS) is 10.4. The Morgan fingerprint density at radius 2 is 2.19 bits per heavy atom. The summed E-state index contributed by atoms with van der Waals surface area (Å²) in [5, 5.41) is 9.56. The fourth-order valence-electron chi connectivity index (χ4n) is 1.65. The zero-order valence-electron chi connectivity index (χ0n) is 11.4. The van der Waals surface area contributed by atoms with Gasteiger partial charge in [-0.05, 0) is 59.1 Å². The molecule has 8 heteroatoms. The lowest BCUT2D eigenvalue weighted by Gasteiger charge is -2.07. The Hall–Kier alpha value is -1.42. The zero-order chi connectivity index (χ0) is 15.2. The second kappa shape index (κ2) is 7.55. The fraction of sp³-hybridized carbons (Fsp3) is 0.308. The summed E-state index contributed by atoms with van der Waals surface area (Å²) in [5.74, 6) is 1.32. The maximum atomic E-state index is 11.7. The lowest BCUT2D eigenvalue weighted by Crippen LogP contribution is -2.31. The molecule has 0 radical (unpaired) electrons. The molecule has 0 aliphatic carbocycles.